The van der Waals surface area contributed by atoms with Crippen LogP contribution in [0.4, 0.5) is 0 Å². The Morgan fingerprint density at radius 1 is 0.652 bits per heavy atom. The van der Waals surface area contributed by atoms with Gasteiger partial charge >= 0.3 is 29.8 Å². The topological polar surface area (TPSA) is 341 Å². The van der Waals surface area contributed by atoms with Crippen LogP contribution in [-0.4, -0.2) is 212 Å². The average Bonchev–Trinajstić information content (AvgIpc) is 3.48. The van der Waals surface area contributed by atoms with Gasteiger partial charge in [0.2, 0.25) is 23.6 Å². The summed E-state index contributed by atoms with van der Waals surface area (Å²) in [6.45, 7) is 2.25. The van der Waals surface area contributed by atoms with Gasteiger partial charge in [-0.3, -0.25) is 72.4 Å². The Morgan fingerprint density at radius 2 is 1.18 bits per heavy atom. The van der Waals surface area contributed by atoms with Crippen molar-refractivity contribution in [2.24, 2.45) is 5.92 Å². The lowest BCUT2D eigenvalue weighted by atomic mass is 10.0. The molecule has 2 saturated heterocycles. The first-order chi connectivity index (χ1) is 31.2. The van der Waals surface area contributed by atoms with Crippen LogP contribution in [0.1, 0.15) is 67.8 Å². The molecule has 1 unspecified atom stereocenters. The minimum Gasteiger partial charge on any atom is -0.481 e. The number of rotatable bonds is 25. The monoisotopic (exact) mass is 932 g/mol. The highest BCUT2D eigenvalue weighted by atomic mass is 16.4. The van der Waals surface area contributed by atoms with Crippen molar-refractivity contribution in [2.75, 3.05) is 85.1 Å². The molecule has 5 amide bonds. The first kappa shape index (κ1) is 54.0. The number of carbonyl (C=O) groups excluding carboxylic acids is 6. The molecule has 364 valence electrons. The Labute approximate surface area is 380 Å². The van der Waals surface area contributed by atoms with E-state index >= 15 is 0 Å². The molecule has 24 heteroatoms. The molecule has 0 aliphatic carbocycles. The quantitative estimate of drug-likeness (QED) is 0.0382. The zero-order chi connectivity index (χ0) is 48.9. The van der Waals surface area contributed by atoms with E-state index in [1.54, 1.807) is 32.6 Å². The summed E-state index contributed by atoms with van der Waals surface area (Å²) >= 11 is 0. The Kier molecular flexibility index (Phi) is 22.2. The van der Waals surface area contributed by atoms with Crippen LogP contribution in [0.5, 0.6) is 0 Å². The number of aliphatic carboxylic acids is 5. The molecule has 66 heavy (non-hydrogen) atoms. The van der Waals surface area contributed by atoms with Crippen LogP contribution >= 0.6 is 0 Å². The maximum Gasteiger partial charge on any atom is 0.326 e. The van der Waals surface area contributed by atoms with Crippen molar-refractivity contribution >= 4 is 65.2 Å². The first-order valence-electron chi connectivity index (χ1n) is 21.5. The first-order valence-corrected chi connectivity index (χ1v) is 21.5. The van der Waals surface area contributed by atoms with Gasteiger partial charge in [0.1, 0.15) is 6.04 Å². The second-order valence-corrected chi connectivity index (χ2v) is 16.3. The SMILES string of the molecule is CC1CC(=O)N(CCCC[C@H](NC(=O)CCC(=O)[C@H](CC(=O)O)NC(=O)c2cccc(CNC(=O)CN3CCN(CC(=O)O)CCN(CC(=O)O)CCN(CC(=O)O)CC3)c2)C(=O)O)C1=O. The Bertz CT molecular complexity index is 1920. The molecule has 2 fully saturated rings. The standard InChI is InChI=1S/C42H60N8O16/c1-27-19-35(54)50(41(27)64)10-3-2-7-30(42(65)66)44-33(52)9-8-32(51)31(21-36(55)56)45-40(63)29-6-4-5-28(20-29)22-43-34(53)23-46-11-13-47(24-37(57)58)15-17-49(26-39(61)62)18-16-48(14-12-46)25-38(59)60/h4-6,20,27,30-31H,2-3,7-19,21-26H2,1H3,(H,43,53)(H,44,52)(H,45,63)(H,55,56)(H,57,58)(H,59,60)(H,61,62)(H,65,66)/t27?,30-,31-/m0/s1. The van der Waals surface area contributed by atoms with Crippen LogP contribution < -0.4 is 16.0 Å². The summed E-state index contributed by atoms with van der Waals surface area (Å²) in [4.78, 5) is 142. The van der Waals surface area contributed by atoms with E-state index in [4.69, 9.17) is 0 Å². The van der Waals surface area contributed by atoms with E-state index in [-0.39, 0.29) is 128 Å². The van der Waals surface area contributed by atoms with E-state index in [0.717, 1.165) is 4.90 Å². The smallest absolute Gasteiger partial charge is 0.326 e. The largest absolute Gasteiger partial charge is 0.481 e. The zero-order valence-corrected chi connectivity index (χ0v) is 36.9. The number of ketones is 1. The van der Waals surface area contributed by atoms with Gasteiger partial charge in [-0.05, 0) is 37.0 Å². The molecule has 0 spiro atoms. The van der Waals surface area contributed by atoms with Crippen molar-refractivity contribution in [3.05, 3.63) is 35.4 Å². The van der Waals surface area contributed by atoms with Crippen LogP contribution in [-0.2, 0) is 54.5 Å². The van der Waals surface area contributed by atoms with Crippen LogP contribution in [0.2, 0.25) is 0 Å². The second-order valence-electron chi connectivity index (χ2n) is 16.3. The number of Topliss-reactive ketones (excluding diaryl/α,β-unsaturated/α-hetero) is 1. The van der Waals surface area contributed by atoms with Gasteiger partial charge < -0.3 is 41.5 Å². The van der Waals surface area contributed by atoms with Crippen LogP contribution in [0, 0.1) is 5.92 Å². The number of benzene rings is 1. The third-order valence-corrected chi connectivity index (χ3v) is 11.0. The molecule has 0 aromatic heterocycles. The van der Waals surface area contributed by atoms with Crippen molar-refractivity contribution in [1.82, 2.24) is 40.4 Å². The third kappa shape index (κ3) is 19.8. The normalized spacial score (nSPS) is 18.0. The summed E-state index contributed by atoms with van der Waals surface area (Å²) in [6, 6.07) is 3.03. The predicted octanol–water partition coefficient (Wildman–Crippen LogP) is -2.16. The summed E-state index contributed by atoms with van der Waals surface area (Å²) in [6.07, 6.45) is -1.20. The van der Waals surface area contributed by atoms with E-state index in [1.165, 1.54) is 18.2 Å². The van der Waals surface area contributed by atoms with Gasteiger partial charge in [-0.25, -0.2) is 4.79 Å². The fourth-order valence-electron chi connectivity index (χ4n) is 7.37. The molecule has 2 aliphatic rings. The molecule has 1 aromatic rings. The molecule has 2 aliphatic heterocycles. The number of amides is 5. The number of imide groups is 1. The zero-order valence-electron chi connectivity index (χ0n) is 36.9. The molecule has 24 nitrogen and oxygen atoms in total. The van der Waals surface area contributed by atoms with E-state index in [1.807, 2.05) is 0 Å². The highest BCUT2D eigenvalue weighted by Gasteiger charge is 2.35. The van der Waals surface area contributed by atoms with E-state index in [0.29, 0.717) is 12.0 Å². The lowest BCUT2D eigenvalue weighted by molar-refractivity contribution is -0.142. The van der Waals surface area contributed by atoms with E-state index in [9.17, 15) is 78.3 Å². The van der Waals surface area contributed by atoms with Gasteiger partial charge in [0.15, 0.2) is 5.78 Å². The fraction of sp³-hybridized carbons (Fsp3) is 0.595. The highest BCUT2D eigenvalue weighted by molar-refractivity contribution is 6.03. The van der Waals surface area contributed by atoms with Crippen molar-refractivity contribution in [2.45, 2.75) is 70.5 Å². The number of nitrogens with one attached hydrogen (secondary N) is 3. The molecule has 2 heterocycles. The summed E-state index contributed by atoms with van der Waals surface area (Å²) < 4.78 is 0. The number of likely N-dealkylation sites (tertiary alicyclic amines) is 1. The average molecular weight is 933 g/mol. The Balaban J connectivity index is 1.56. The molecular formula is C42H60N8O16. The van der Waals surface area contributed by atoms with Crippen LogP contribution in [0.3, 0.4) is 0 Å². The minimum absolute atomic E-state index is 0.0157. The van der Waals surface area contributed by atoms with Crippen LogP contribution in [0.25, 0.3) is 0 Å². The molecule has 0 saturated carbocycles. The molecular weight excluding hydrogens is 873 g/mol. The van der Waals surface area contributed by atoms with Gasteiger partial charge in [-0.15, -0.1) is 0 Å². The molecule has 0 bridgehead atoms. The molecule has 0 radical (unpaired) electrons. The van der Waals surface area contributed by atoms with E-state index < -0.39 is 90.6 Å². The van der Waals surface area contributed by atoms with Gasteiger partial charge in [0.25, 0.3) is 5.91 Å². The highest BCUT2D eigenvalue weighted by Crippen LogP contribution is 2.19. The summed E-state index contributed by atoms with van der Waals surface area (Å²) in [5, 5.41) is 54.9. The number of unbranched alkanes of at least 4 members (excludes halogenated alkanes) is 1. The van der Waals surface area contributed by atoms with Gasteiger partial charge in [0.05, 0.1) is 38.6 Å². The number of carbonyl (C=O) groups is 11. The molecule has 8 N–H and O–H groups in total. The fourth-order valence-corrected chi connectivity index (χ4v) is 7.37. The number of nitrogens with zero attached hydrogens (tertiary/aromatic N) is 5. The van der Waals surface area contributed by atoms with Crippen molar-refractivity contribution in [3.8, 4) is 0 Å². The summed E-state index contributed by atoms with van der Waals surface area (Å²) in [7, 11) is 0. The number of carboxylic acids is 5. The van der Waals surface area contributed by atoms with Gasteiger partial charge in [0, 0.05) is 96.2 Å². The van der Waals surface area contributed by atoms with Crippen LogP contribution in [0.15, 0.2) is 24.3 Å². The molecule has 3 rings (SSSR count). The molecule has 3 atom stereocenters. The predicted molar refractivity (Wildman–Crippen MR) is 229 cm³/mol. The lowest BCUT2D eigenvalue weighted by Crippen LogP contribution is -2.49. The Hall–Kier alpha value is -6.37. The van der Waals surface area contributed by atoms with E-state index in [2.05, 4.69) is 16.0 Å². The second kappa shape index (κ2) is 27.2. The number of hydrogen-bond acceptors (Lipinski definition) is 15. The number of hydrogen-bond donors (Lipinski definition) is 8. The van der Waals surface area contributed by atoms with Gasteiger partial charge in [-0.2, -0.15) is 0 Å². The maximum absolute atomic E-state index is 13.3. The summed E-state index contributed by atoms with van der Waals surface area (Å²) in [5.41, 5.74) is 0.469. The maximum atomic E-state index is 13.3. The lowest BCUT2D eigenvalue weighted by Gasteiger charge is -2.32. The van der Waals surface area contributed by atoms with Crippen molar-refractivity contribution in [1.29, 1.82) is 0 Å². The number of carboxylic acid groups (broad SMARTS) is 5. The van der Waals surface area contributed by atoms with Crippen molar-refractivity contribution in [3.63, 3.8) is 0 Å². The molecule has 1 aromatic carbocycles. The summed E-state index contributed by atoms with van der Waals surface area (Å²) in [5.74, 6) is -9.92. The third-order valence-electron chi connectivity index (χ3n) is 11.0. The van der Waals surface area contributed by atoms with Gasteiger partial charge in [-0.1, -0.05) is 19.1 Å². The minimum atomic E-state index is -1.55. The Morgan fingerprint density at radius 3 is 1.65 bits per heavy atom. The van der Waals surface area contributed by atoms with Crippen molar-refractivity contribution < 1.29 is 78.3 Å².